The number of amides is 1. The van der Waals surface area contributed by atoms with E-state index in [9.17, 15) is 14.7 Å². The number of hydrogen-bond acceptors (Lipinski definition) is 3. The highest BCUT2D eigenvalue weighted by atomic mass is 16.5. The molecule has 5 heteroatoms. The minimum atomic E-state index is -0.945. The van der Waals surface area contributed by atoms with Crippen LogP contribution in [0.15, 0.2) is 42.5 Å². The van der Waals surface area contributed by atoms with Crippen LogP contribution < -0.4 is 0 Å². The molecule has 114 valence electrons. The van der Waals surface area contributed by atoms with Crippen LogP contribution in [0.2, 0.25) is 0 Å². The van der Waals surface area contributed by atoms with Gasteiger partial charge in [0.1, 0.15) is 11.5 Å². The SMILES string of the molecule is O=C(O)[C@@H]1[C@@H]2C=C[C@@]3(CN(CCc4ccccc4)C(=O)[C@H]13)O2. The summed E-state index contributed by atoms with van der Waals surface area (Å²) in [4.78, 5) is 25.9. The molecule has 3 aliphatic rings. The van der Waals surface area contributed by atoms with Crippen molar-refractivity contribution in [3.8, 4) is 0 Å². The van der Waals surface area contributed by atoms with Crippen molar-refractivity contribution in [1.82, 2.24) is 4.90 Å². The molecule has 1 aromatic rings. The molecule has 4 atom stereocenters. The maximum atomic E-state index is 12.7. The lowest BCUT2D eigenvalue weighted by Gasteiger charge is -2.21. The first-order valence-electron chi connectivity index (χ1n) is 7.53. The molecule has 3 heterocycles. The Balaban J connectivity index is 1.53. The first-order valence-corrected chi connectivity index (χ1v) is 7.53. The van der Waals surface area contributed by atoms with E-state index in [0.29, 0.717) is 13.1 Å². The van der Waals surface area contributed by atoms with E-state index in [1.807, 2.05) is 36.4 Å². The fourth-order valence-electron chi connectivity index (χ4n) is 3.96. The third kappa shape index (κ3) is 1.82. The minimum absolute atomic E-state index is 0.0878. The summed E-state index contributed by atoms with van der Waals surface area (Å²) in [5, 5.41) is 9.41. The molecule has 22 heavy (non-hydrogen) atoms. The van der Waals surface area contributed by atoms with E-state index in [2.05, 4.69) is 0 Å². The van der Waals surface area contributed by atoms with E-state index < -0.39 is 29.5 Å². The van der Waals surface area contributed by atoms with Crippen molar-refractivity contribution in [2.75, 3.05) is 13.1 Å². The number of aliphatic carboxylic acids is 1. The summed E-state index contributed by atoms with van der Waals surface area (Å²) in [6.45, 7) is 1.05. The Morgan fingerprint density at radius 2 is 2.14 bits per heavy atom. The molecule has 1 spiro atoms. The van der Waals surface area contributed by atoms with Crippen LogP contribution in [-0.2, 0) is 20.7 Å². The highest BCUT2D eigenvalue weighted by Gasteiger charge is 2.66. The fourth-order valence-corrected chi connectivity index (χ4v) is 3.96. The normalized spacial score (nSPS) is 35.2. The van der Waals surface area contributed by atoms with Crippen molar-refractivity contribution in [2.24, 2.45) is 11.8 Å². The second-order valence-electron chi connectivity index (χ2n) is 6.23. The van der Waals surface area contributed by atoms with Crippen molar-refractivity contribution < 1.29 is 19.4 Å². The quantitative estimate of drug-likeness (QED) is 0.845. The molecule has 0 aromatic heterocycles. The Morgan fingerprint density at radius 1 is 1.36 bits per heavy atom. The largest absolute Gasteiger partial charge is 0.481 e. The lowest BCUT2D eigenvalue weighted by atomic mass is 9.77. The van der Waals surface area contributed by atoms with E-state index >= 15 is 0 Å². The highest BCUT2D eigenvalue weighted by Crippen LogP contribution is 2.51. The van der Waals surface area contributed by atoms with Crippen molar-refractivity contribution in [1.29, 1.82) is 0 Å². The number of carboxylic acids is 1. The summed E-state index contributed by atoms with van der Waals surface area (Å²) >= 11 is 0. The molecule has 1 amide bonds. The summed E-state index contributed by atoms with van der Waals surface area (Å²) in [5.41, 5.74) is 0.446. The Hall–Kier alpha value is -2.14. The number of hydrogen-bond donors (Lipinski definition) is 1. The molecule has 5 nitrogen and oxygen atoms in total. The summed E-state index contributed by atoms with van der Waals surface area (Å²) in [6, 6.07) is 9.97. The number of nitrogens with zero attached hydrogens (tertiary/aromatic N) is 1. The van der Waals surface area contributed by atoms with Crippen LogP contribution in [0.25, 0.3) is 0 Å². The zero-order chi connectivity index (χ0) is 15.3. The van der Waals surface area contributed by atoms with Crippen molar-refractivity contribution in [2.45, 2.75) is 18.1 Å². The second-order valence-corrected chi connectivity index (χ2v) is 6.23. The van der Waals surface area contributed by atoms with Gasteiger partial charge in [-0.05, 0) is 12.0 Å². The molecule has 0 radical (unpaired) electrons. The summed E-state index contributed by atoms with van der Waals surface area (Å²) in [6.07, 6.45) is 3.99. The molecule has 0 saturated carbocycles. The van der Waals surface area contributed by atoms with E-state index in [0.717, 1.165) is 6.42 Å². The number of likely N-dealkylation sites (tertiary alicyclic amines) is 1. The summed E-state index contributed by atoms with van der Waals surface area (Å²) in [7, 11) is 0. The van der Waals surface area contributed by atoms with Crippen molar-refractivity contribution >= 4 is 11.9 Å². The van der Waals surface area contributed by atoms with Crippen LogP contribution in [0.4, 0.5) is 0 Å². The van der Waals surface area contributed by atoms with Crippen LogP contribution in [-0.4, -0.2) is 46.7 Å². The zero-order valence-electron chi connectivity index (χ0n) is 12.0. The Bertz CT molecular complexity index is 656. The van der Waals surface area contributed by atoms with Gasteiger partial charge in [0.15, 0.2) is 0 Å². The monoisotopic (exact) mass is 299 g/mol. The van der Waals surface area contributed by atoms with E-state index in [4.69, 9.17) is 4.74 Å². The third-order valence-electron chi connectivity index (χ3n) is 4.98. The smallest absolute Gasteiger partial charge is 0.310 e. The van der Waals surface area contributed by atoms with Crippen LogP contribution in [0, 0.1) is 11.8 Å². The molecule has 2 fully saturated rings. The number of rotatable bonds is 4. The first kappa shape index (κ1) is 13.5. The Kier molecular flexibility index (Phi) is 2.87. The number of carbonyl (C=O) groups is 2. The predicted octanol–water partition coefficient (Wildman–Crippen LogP) is 1.10. The molecule has 2 saturated heterocycles. The number of benzene rings is 1. The summed E-state index contributed by atoms with van der Waals surface area (Å²) in [5.74, 6) is -2.36. The Labute approximate surface area is 128 Å². The Morgan fingerprint density at radius 3 is 2.86 bits per heavy atom. The number of fused-ring (bicyclic) bond motifs is 1. The lowest BCUT2D eigenvalue weighted by molar-refractivity contribution is -0.148. The standard InChI is InChI=1S/C17H17NO4/c19-15-14-13(16(20)21)12-6-8-17(14,22-12)10-18(15)9-7-11-4-2-1-3-5-11/h1-6,8,12-14H,7,9-10H2,(H,20,21)/t12-,13+,14-,17-/m0/s1. The van der Waals surface area contributed by atoms with Crippen LogP contribution >= 0.6 is 0 Å². The van der Waals surface area contributed by atoms with Gasteiger partial charge in [0.05, 0.1) is 18.6 Å². The fraction of sp³-hybridized carbons (Fsp3) is 0.412. The van der Waals surface area contributed by atoms with E-state index in [-0.39, 0.29) is 5.91 Å². The van der Waals surface area contributed by atoms with Gasteiger partial charge >= 0.3 is 5.97 Å². The number of carboxylic acid groups (broad SMARTS) is 1. The highest BCUT2D eigenvalue weighted by molar-refractivity contribution is 5.90. The third-order valence-corrected chi connectivity index (χ3v) is 4.98. The maximum absolute atomic E-state index is 12.7. The minimum Gasteiger partial charge on any atom is -0.481 e. The number of ether oxygens (including phenoxy) is 1. The van der Waals surface area contributed by atoms with Gasteiger partial charge in [0.2, 0.25) is 5.91 Å². The maximum Gasteiger partial charge on any atom is 0.310 e. The molecule has 3 aliphatic heterocycles. The van der Waals surface area contributed by atoms with Crippen molar-refractivity contribution in [3.63, 3.8) is 0 Å². The van der Waals surface area contributed by atoms with E-state index in [1.165, 1.54) is 5.56 Å². The van der Waals surface area contributed by atoms with Crippen LogP contribution in [0.3, 0.4) is 0 Å². The average Bonchev–Trinajstić information content (AvgIpc) is 3.14. The van der Waals surface area contributed by atoms with Gasteiger partial charge in [-0.25, -0.2) is 0 Å². The molecular formula is C17H17NO4. The first-order chi connectivity index (χ1) is 10.6. The van der Waals surface area contributed by atoms with Crippen molar-refractivity contribution in [3.05, 3.63) is 48.0 Å². The van der Waals surface area contributed by atoms with Gasteiger partial charge < -0.3 is 14.7 Å². The topological polar surface area (TPSA) is 66.8 Å². The molecular weight excluding hydrogens is 282 g/mol. The number of carbonyl (C=O) groups excluding carboxylic acids is 1. The molecule has 1 aromatic carbocycles. The van der Waals surface area contributed by atoms with Gasteiger partial charge in [-0.15, -0.1) is 0 Å². The van der Waals surface area contributed by atoms with Crippen LogP contribution in [0.1, 0.15) is 5.56 Å². The predicted molar refractivity (Wildman–Crippen MR) is 78.1 cm³/mol. The van der Waals surface area contributed by atoms with Gasteiger partial charge in [0, 0.05) is 6.54 Å². The van der Waals surface area contributed by atoms with Gasteiger partial charge in [-0.2, -0.15) is 0 Å². The molecule has 0 aliphatic carbocycles. The van der Waals surface area contributed by atoms with Gasteiger partial charge in [-0.1, -0.05) is 42.5 Å². The molecule has 2 bridgehead atoms. The average molecular weight is 299 g/mol. The lowest BCUT2D eigenvalue weighted by Crippen LogP contribution is -2.39. The van der Waals surface area contributed by atoms with Crippen LogP contribution in [0.5, 0.6) is 0 Å². The molecule has 1 N–H and O–H groups in total. The van der Waals surface area contributed by atoms with Gasteiger partial charge in [0.25, 0.3) is 0 Å². The van der Waals surface area contributed by atoms with Gasteiger partial charge in [-0.3, -0.25) is 9.59 Å². The molecule has 4 rings (SSSR count). The zero-order valence-corrected chi connectivity index (χ0v) is 12.0. The summed E-state index contributed by atoms with van der Waals surface area (Å²) < 4.78 is 5.86. The van der Waals surface area contributed by atoms with E-state index in [1.54, 1.807) is 11.0 Å². The second kappa shape index (κ2) is 4.68. The molecule has 0 unspecified atom stereocenters.